The van der Waals surface area contributed by atoms with Crippen molar-refractivity contribution >= 4 is 5.97 Å². The van der Waals surface area contributed by atoms with Gasteiger partial charge in [0.05, 0.1) is 12.0 Å². The summed E-state index contributed by atoms with van der Waals surface area (Å²) in [6, 6.07) is 8.01. The smallest absolute Gasteiger partial charge is 0.310 e. The van der Waals surface area contributed by atoms with E-state index in [2.05, 4.69) is 4.90 Å². The van der Waals surface area contributed by atoms with Gasteiger partial charge in [-0.2, -0.15) is 0 Å². The summed E-state index contributed by atoms with van der Waals surface area (Å²) in [6.07, 6.45) is 0.722. The standard InChI is InChI=1S/C15H21NO3/c1-3-19-13-6-4-12(5-7-13)10-16-9-8-15(2,11-16)14(17)18/h4-7H,3,8-11H2,1-2H3,(H,17,18). The van der Waals surface area contributed by atoms with E-state index in [0.29, 0.717) is 13.2 Å². The number of carboxylic acid groups (broad SMARTS) is 1. The molecule has 4 heteroatoms. The highest BCUT2D eigenvalue weighted by molar-refractivity contribution is 5.74. The van der Waals surface area contributed by atoms with Crippen LogP contribution in [0.1, 0.15) is 25.8 Å². The largest absolute Gasteiger partial charge is 0.494 e. The second-order valence-corrected chi connectivity index (χ2v) is 5.40. The molecule has 1 unspecified atom stereocenters. The predicted molar refractivity (Wildman–Crippen MR) is 73.2 cm³/mol. The fourth-order valence-electron chi connectivity index (χ4n) is 2.48. The molecule has 0 radical (unpaired) electrons. The van der Waals surface area contributed by atoms with Crippen LogP contribution in [0.2, 0.25) is 0 Å². The van der Waals surface area contributed by atoms with E-state index >= 15 is 0 Å². The monoisotopic (exact) mass is 263 g/mol. The summed E-state index contributed by atoms with van der Waals surface area (Å²) in [5, 5.41) is 9.21. The van der Waals surface area contributed by atoms with Crippen molar-refractivity contribution in [1.29, 1.82) is 0 Å². The molecule has 19 heavy (non-hydrogen) atoms. The molecule has 0 amide bonds. The summed E-state index contributed by atoms with van der Waals surface area (Å²) in [6.45, 7) is 6.72. The zero-order valence-electron chi connectivity index (χ0n) is 11.6. The molecule has 104 valence electrons. The quantitative estimate of drug-likeness (QED) is 0.886. The van der Waals surface area contributed by atoms with Gasteiger partial charge in [0, 0.05) is 13.1 Å². The van der Waals surface area contributed by atoms with E-state index in [4.69, 9.17) is 4.74 Å². The van der Waals surface area contributed by atoms with E-state index in [0.717, 1.165) is 25.3 Å². The minimum atomic E-state index is -0.693. The average molecular weight is 263 g/mol. The van der Waals surface area contributed by atoms with Crippen molar-refractivity contribution in [2.75, 3.05) is 19.7 Å². The number of benzene rings is 1. The van der Waals surface area contributed by atoms with Crippen molar-refractivity contribution in [3.05, 3.63) is 29.8 Å². The second-order valence-electron chi connectivity index (χ2n) is 5.40. The first-order valence-electron chi connectivity index (χ1n) is 6.71. The van der Waals surface area contributed by atoms with Crippen LogP contribution < -0.4 is 4.74 Å². The van der Waals surface area contributed by atoms with Crippen LogP contribution in [0.3, 0.4) is 0 Å². The lowest BCUT2D eigenvalue weighted by Crippen LogP contribution is -2.31. The first kappa shape index (κ1) is 13.9. The number of hydrogen-bond acceptors (Lipinski definition) is 3. The van der Waals surface area contributed by atoms with Gasteiger partial charge < -0.3 is 9.84 Å². The molecule has 1 aromatic rings. The van der Waals surface area contributed by atoms with Crippen LogP contribution in [0.15, 0.2) is 24.3 Å². The lowest BCUT2D eigenvalue weighted by atomic mass is 9.90. The van der Waals surface area contributed by atoms with Crippen LogP contribution in [-0.2, 0) is 11.3 Å². The third-order valence-electron chi connectivity index (χ3n) is 3.71. The summed E-state index contributed by atoms with van der Waals surface area (Å²) in [4.78, 5) is 13.4. The zero-order valence-corrected chi connectivity index (χ0v) is 11.6. The molecule has 0 spiro atoms. The Hall–Kier alpha value is -1.55. The predicted octanol–water partition coefficient (Wildman–Crippen LogP) is 2.38. The second kappa shape index (κ2) is 5.61. The average Bonchev–Trinajstić information content (AvgIpc) is 2.75. The number of aliphatic carboxylic acids is 1. The molecule has 1 aliphatic heterocycles. The Labute approximate surface area is 114 Å². The third kappa shape index (κ3) is 3.26. The summed E-state index contributed by atoms with van der Waals surface area (Å²) in [5.41, 5.74) is 0.601. The number of rotatable bonds is 5. The van der Waals surface area contributed by atoms with E-state index in [-0.39, 0.29) is 0 Å². The summed E-state index contributed by atoms with van der Waals surface area (Å²) in [7, 11) is 0. The van der Waals surface area contributed by atoms with Crippen molar-refractivity contribution in [1.82, 2.24) is 4.90 Å². The number of nitrogens with zero attached hydrogens (tertiary/aromatic N) is 1. The maximum Gasteiger partial charge on any atom is 0.310 e. The summed E-state index contributed by atoms with van der Waals surface area (Å²) < 4.78 is 5.40. The Morgan fingerprint density at radius 3 is 2.63 bits per heavy atom. The SMILES string of the molecule is CCOc1ccc(CN2CCC(C)(C(=O)O)C2)cc1. The lowest BCUT2D eigenvalue weighted by Gasteiger charge is -2.20. The topological polar surface area (TPSA) is 49.8 Å². The van der Waals surface area contributed by atoms with Gasteiger partial charge in [0.1, 0.15) is 5.75 Å². The molecule has 1 N–H and O–H groups in total. The van der Waals surface area contributed by atoms with Crippen LogP contribution in [0.5, 0.6) is 5.75 Å². The molecule has 1 fully saturated rings. The van der Waals surface area contributed by atoms with Gasteiger partial charge in [-0.15, -0.1) is 0 Å². The molecule has 0 aliphatic carbocycles. The Balaban J connectivity index is 1.94. The highest BCUT2D eigenvalue weighted by atomic mass is 16.5. The van der Waals surface area contributed by atoms with Crippen molar-refractivity contribution in [3.63, 3.8) is 0 Å². The molecule has 4 nitrogen and oxygen atoms in total. The minimum Gasteiger partial charge on any atom is -0.494 e. The molecule has 0 saturated carbocycles. The number of likely N-dealkylation sites (tertiary alicyclic amines) is 1. The van der Waals surface area contributed by atoms with Gasteiger partial charge in [-0.1, -0.05) is 12.1 Å². The van der Waals surface area contributed by atoms with Gasteiger partial charge in [0.25, 0.3) is 0 Å². The lowest BCUT2D eigenvalue weighted by molar-refractivity contribution is -0.147. The Morgan fingerprint density at radius 1 is 1.42 bits per heavy atom. The van der Waals surface area contributed by atoms with Gasteiger partial charge in [-0.25, -0.2) is 0 Å². The molecule has 0 bridgehead atoms. The molecule has 1 atom stereocenters. The maximum absolute atomic E-state index is 11.2. The van der Waals surface area contributed by atoms with Gasteiger partial charge in [-0.3, -0.25) is 9.69 Å². The van der Waals surface area contributed by atoms with E-state index in [1.165, 1.54) is 5.56 Å². The first-order chi connectivity index (χ1) is 9.03. The molecule has 0 aromatic heterocycles. The van der Waals surface area contributed by atoms with Crippen LogP contribution in [0, 0.1) is 5.41 Å². The Bertz CT molecular complexity index is 443. The Morgan fingerprint density at radius 2 is 2.11 bits per heavy atom. The minimum absolute atomic E-state index is 0.592. The van der Waals surface area contributed by atoms with E-state index < -0.39 is 11.4 Å². The number of hydrogen-bond donors (Lipinski definition) is 1. The Kier molecular flexibility index (Phi) is 4.10. The normalized spacial score (nSPS) is 23.5. The summed E-state index contributed by atoms with van der Waals surface area (Å²) in [5.74, 6) is 0.185. The number of carbonyl (C=O) groups is 1. The zero-order chi connectivity index (χ0) is 13.9. The third-order valence-corrected chi connectivity index (χ3v) is 3.71. The molecule has 1 aliphatic rings. The van der Waals surface area contributed by atoms with Crippen molar-refractivity contribution in [3.8, 4) is 5.75 Å². The molecular weight excluding hydrogens is 242 g/mol. The van der Waals surface area contributed by atoms with E-state index in [9.17, 15) is 9.90 Å². The van der Waals surface area contributed by atoms with Crippen LogP contribution >= 0.6 is 0 Å². The fraction of sp³-hybridized carbons (Fsp3) is 0.533. The molecule has 1 aromatic carbocycles. The molecule has 1 heterocycles. The number of carboxylic acids is 1. The number of ether oxygens (including phenoxy) is 1. The highest BCUT2D eigenvalue weighted by Gasteiger charge is 2.40. The summed E-state index contributed by atoms with van der Waals surface area (Å²) >= 11 is 0. The van der Waals surface area contributed by atoms with Gasteiger partial charge >= 0.3 is 5.97 Å². The van der Waals surface area contributed by atoms with Crippen molar-refractivity contribution in [2.24, 2.45) is 5.41 Å². The molecule has 2 rings (SSSR count). The van der Waals surface area contributed by atoms with Crippen LogP contribution in [0.4, 0.5) is 0 Å². The first-order valence-corrected chi connectivity index (χ1v) is 6.71. The van der Waals surface area contributed by atoms with Crippen LogP contribution in [-0.4, -0.2) is 35.7 Å². The van der Waals surface area contributed by atoms with Gasteiger partial charge in [-0.05, 0) is 44.5 Å². The van der Waals surface area contributed by atoms with Gasteiger partial charge in [0.15, 0.2) is 0 Å². The van der Waals surface area contributed by atoms with Crippen molar-refractivity contribution in [2.45, 2.75) is 26.8 Å². The fourth-order valence-corrected chi connectivity index (χ4v) is 2.48. The molecule has 1 saturated heterocycles. The van der Waals surface area contributed by atoms with Gasteiger partial charge in [0.2, 0.25) is 0 Å². The van der Waals surface area contributed by atoms with Crippen LogP contribution in [0.25, 0.3) is 0 Å². The highest BCUT2D eigenvalue weighted by Crippen LogP contribution is 2.31. The van der Waals surface area contributed by atoms with E-state index in [1.54, 1.807) is 0 Å². The van der Waals surface area contributed by atoms with Crippen molar-refractivity contribution < 1.29 is 14.6 Å². The maximum atomic E-state index is 11.2. The van der Waals surface area contributed by atoms with E-state index in [1.807, 2.05) is 38.1 Å². The molecular formula is C15H21NO3.